The van der Waals surface area contributed by atoms with Gasteiger partial charge in [-0.15, -0.1) is 0 Å². The van der Waals surface area contributed by atoms with Gasteiger partial charge >= 0.3 is 18.0 Å². The number of hydrogen-bond acceptors (Lipinski definition) is 10. The minimum Gasteiger partial charge on any atom is -0.465 e. The van der Waals surface area contributed by atoms with Crippen molar-refractivity contribution >= 4 is 41.4 Å². The van der Waals surface area contributed by atoms with Crippen molar-refractivity contribution in [3.63, 3.8) is 0 Å². The first-order chi connectivity index (χ1) is 25.5. The van der Waals surface area contributed by atoms with E-state index in [4.69, 9.17) is 19.9 Å². The van der Waals surface area contributed by atoms with Gasteiger partial charge in [-0.2, -0.15) is 0 Å². The molecule has 0 saturated heterocycles. The maximum Gasteiger partial charge on any atom is 0.407 e. The Labute approximate surface area is 308 Å². The van der Waals surface area contributed by atoms with E-state index in [1.54, 1.807) is 31.2 Å². The van der Waals surface area contributed by atoms with E-state index in [0.29, 0.717) is 30.6 Å². The van der Waals surface area contributed by atoms with Crippen LogP contribution in [-0.4, -0.2) is 74.1 Å². The molecule has 2 atom stereocenters. The number of hydrogen-bond donors (Lipinski definition) is 5. The van der Waals surface area contributed by atoms with Crippen molar-refractivity contribution in [3.8, 4) is 11.1 Å². The molecule has 4 amide bonds. The van der Waals surface area contributed by atoms with Crippen LogP contribution < -0.4 is 27.0 Å². The standard InChI is InChI=1S/C39H47N5O9/c1-3-51-38(49)33(40)19-20-36(47)52-23-26-15-17-27(18-16-26)44-35(46)22-42-37(48)25(2)43-34(45)14-8-9-21-41-39(50)53-24-32-30-12-6-4-10-28(30)29-11-5-7-13-31(29)32/h4-7,10-13,15-18,25,32-33H,3,8-9,14,19-24,40H2,1-2H3,(H,41,50)(H,42,48)(H,43,45)(H,44,46). The molecule has 14 heteroatoms. The lowest BCUT2D eigenvalue weighted by molar-refractivity contribution is -0.147. The number of benzene rings is 3. The summed E-state index contributed by atoms with van der Waals surface area (Å²) in [6.45, 7) is 3.64. The van der Waals surface area contributed by atoms with Gasteiger partial charge in [-0.1, -0.05) is 60.7 Å². The van der Waals surface area contributed by atoms with Gasteiger partial charge in [0.1, 0.15) is 25.3 Å². The zero-order valence-corrected chi connectivity index (χ0v) is 30.0. The van der Waals surface area contributed by atoms with E-state index in [9.17, 15) is 28.8 Å². The van der Waals surface area contributed by atoms with Crippen LogP contribution in [0.4, 0.5) is 10.5 Å². The van der Waals surface area contributed by atoms with Crippen molar-refractivity contribution in [1.82, 2.24) is 16.0 Å². The second kappa shape index (κ2) is 20.3. The number of ether oxygens (including phenoxy) is 3. The Morgan fingerprint density at radius 2 is 1.43 bits per heavy atom. The molecule has 3 aromatic carbocycles. The highest BCUT2D eigenvalue weighted by Crippen LogP contribution is 2.44. The molecule has 0 heterocycles. The summed E-state index contributed by atoms with van der Waals surface area (Å²) < 4.78 is 15.5. The van der Waals surface area contributed by atoms with E-state index in [0.717, 1.165) is 22.3 Å². The Hall–Kier alpha value is -5.76. The fourth-order valence-electron chi connectivity index (χ4n) is 5.72. The molecule has 0 spiro atoms. The zero-order chi connectivity index (χ0) is 38.2. The van der Waals surface area contributed by atoms with Gasteiger partial charge in [0.25, 0.3) is 0 Å². The van der Waals surface area contributed by atoms with Crippen molar-refractivity contribution in [2.24, 2.45) is 5.73 Å². The summed E-state index contributed by atoms with van der Waals surface area (Å²) in [6.07, 6.45) is 0.735. The van der Waals surface area contributed by atoms with E-state index >= 15 is 0 Å². The Morgan fingerprint density at radius 3 is 2.09 bits per heavy atom. The highest BCUT2D eigenvalue weighted by atomic mass is 16.5. The van der Waals surface area contributed by atoms with Gasteiger partial charge in [0.15, 0.2) is 0 Å². The maximum absolute atomic E-state index is 12.5. The summed E-state index contributed by atoms with van der Waals surface area (Å²) in [7, 11) is 0. The summed E-state index contributed by atoms with van der Waals surface area (Å²) in [6, 6.07) is 21.0. The summed E-state index contributed by atoms with van der Waals surface area (Å²) in [4.78, 5) is 73.1. The number of carbonyl (C=O) groups excluding carboxylic acids is 6. The van der Waals surface area contributed by atoms with E-state index < -0.39 is 41.9 Å². The minimum absolute atomic E-state index is 0.000441. The van der Waals surface area contributed by atoms with E-state index in [2.05, 4.69) is 45.5 Å². The monoisotopic (exact) mass is 729 g/mol. The molecule has 53 heavy (non-hydrogen) atoms. The van der Waals surface area contributed by atoms with Crippen molar-refractivity contribution in [3.05, 3.63) is 89.5 Å². The Kier molecular flexibility index (Phi) is 15.3. The lowest BCUT2D eigenvalue weighted by atomic mass is 9.98. The third-order valence-corrected chi connectivity index (χ3v) is 8.52. The summed E-state index contributed by atoms with van der Waals surface area (Å²) in [5.41, 5.74) is 11.4. The number of fused-ring (bicyclic) bond motifs is 3. The first kappa shape index (κ1) is 40.0. The summed E-state index contributed by atoms with van der Waals surface area (Å²) >= 11 is 0. The second-order valence-corrected chi connectivity index (χ2v) is 12.5. The van der Waals surface area contributed by atoms with Crippen LogP contribution in [0.1, 0.15) is 68.6 Å². The number of alkyl carbamates (subject to hydrolysis) is 1. The van der Waals surface area contributed by atoms with Gasteiger partial charge in [-0.25, -0.2) is 4.79 Å². The number of anilines is 1. The van der Waals surface area contributed by atoms with Gasteiger partial charge in [0, 0.05) is 31.0 Å². The van der Waals surface area contributed by atoms with Gasteiger partial charge in [-0.05, 0) is 73.1 Å². The van der Waals surface area contributed by atoms with Crippen LogP contribution in [-0.2, 0) is 44.8 Å². The summed E-state index contributed by atoms with van der Waals surface area (Å²) in [5, 5.41) is 10.5. The van der Waals surface area contributed by atoms with Crippen molar-refractivity contribution in [1.29, 1.82) is 0 Å². The number of esters is 2. The average Bonchev–Trinajstić information content (AvgIpc) is 3.48. The van der Waals surface area contributed by atoms with E-state index in [-0.39, 0.29) is 57.5 Å². The van der Waals surface area contributed by atoms with Crippen LogP contribution >= 0.6 is 0 Å². The molecule has 2 unspecified atom stereocenters. The lowest BCUT2D eigenvalue weighted by Crippen LogP contribution is -2.46. The molecule has 0 aliphatic heterocycles. The Balaban J connectivity index is 1.04. The molecule has 1 aliphatic rings. The van der Waals surface area contributed by atoms with Crippen LogP contribution in [0.25, 0.3) is 11.1 Å². The first-order valence-electron chi connectivity index (χ1n) is 17.7. The largest absolute Gasteiger partial charge is 0.465 e. The van der Waals surface area contributed by atoms with Gasteiger partial charge in [0.2, 0.25) is 17.7 Å². The molecule has 0 aromatic heterocycles. The molecule has 14 nitrogen and oxygen atoms in total. The number of carbonyl (C=O) groups is 6. The molecule has 0 saturated carbocycles. The number of rotatable bonds is 19. The molecular formula is C39H47N5O9. The molecule has 282 valence electrons. The number of amides is 4. The first-order valence-corrected chi connectivity index (χ1v) is 17.7. The van der Waals surface area contributed by atoms with Crippen LogP contribution in [0, 0.1) is 0 Å². The van der Waals surface area contributed by atoms with E-state index in [1.165, 1.54) is 6.92 Å². The smallest absolute Gasteiger partial charge is 0.407 e. The number of nitrogens with two attached hydrogens (primary N) is 1. The third-order valence-electron chi connectivity index (χ3n) is 8.52. The van der Waals surface area contributed by atoms with E-state index in [1.807, 2.05) is 24.3 Å². The highest BCUT2D eigenvalue weighted by molar-refractivity contribution is 5.96. The SMILES string of the molecule is CCOC(=O)C(N)CCC(=O)OCc1ccc(NC(=O)CNC(=O)C(C)NC(=O)CCCCNC(=O)OCC2c3ccccc3-c3ccccc32)cc1. The molecule has 0 bridgehead atoms. The molecule has 6 N–H and O–H groups in total. The zero-order valence-electron chi connectivity index (χ0n) is 30.0. The summed E-state index contributed by atoms with van der Waals surface area (Å²) in [5.74, 6) is -2.43. The van der Waals surface area contributed by atoms with Crippen LogP contribution in [0.15, 0.2) is 72.8 Å². The van der Waals surface area contributed by atoms with Crippen molar-refractivity contribution in [2.75, 3.05) is 31.6 Å². The van der Waals surface area contributed by atoms with Crippen LogP contribution in [0.2, 0.25) is 0 Å². The molecular weight excluding hydrogens is 682 g/mol. The van der Waals surface area contributed by atoms with Gasteiger partial charge in [0.05, 0.1) is 13.2 Å². The topological polar surface area (TPSA) is 204 Å². The minimum atomic E-state index is -0.894. The molecule has 4 rings (SSSR count). The van der Waals surface area contributed by atoms with Crippen LogP contribution in [0.3, 0.4) is 0 Å². The Morgan fingerprint density at radius 1 is 0.774 bits per heavy atom. The second-order valence-electron chi connectivity index (χ2n) is 12.5. The maximum atomic E-state index is 12.5. The molecule has 3 aromatic rings. The third kappa shape index (κ3) is 12.5. The molecule has 0 radical (unpaired) electrons. The molecule has 1 aliphatic carbocycles. The van der Waals surface area contributed by atoms with Crippen molar-refractivity contribution in [2.45, 2.75) is 70.6 Å². The van der Waals surface area contributed by atoms with Crippen molar-refractivity contribution < 1.29 is 43.0 Å². The molecule has 0 fully saturated rings. The van der Waals surface area contributed by atoms with Crippen LogP contribution in [0.5, 0.6) is 0 Å². The fraction of sp³-hybridized carbons (Fsp3) is 0.385. The lowest BCUT2D eigenvalue weighted by Gasteiger charge is -2.15. The fourth-order valence-corrected chi connectivity index (χ4v) is 5.72. The highest BCUT2D eigenvalue weighted by Gasteiger charge is 2.29. The predicted molar refractivity (Wildman–Crippen MR) is 196 cm³/mol. The normalized spacial score (nSPS) is 12.7. The number of nitrogens with one attached hydrogen (secondary N) is 4. The quantitative estimate of drug-likeness (QED) is 0.0688. The van der Waals surface area contributed by atoms with Gasteiger partial charge < -0.3 is 41.2 Å². The van der Waals surface area contributed by atoms with Gasteiger partial charge in [-0.3, -0.25) is 24.0 Å². The average molecular weight is 730 g/mol. The number of unbranched alkanes of at least 4 members (excludes halogenated alkanes) is 1. The Bertz CT molecular complexity index is 1700. The predicted octanol–water partition coefficient (Wildman–Crippen LogP) is 3.67.